The molecule has 0 aliphatic carbocycles. The summed E-state index contributed by atoms with van der Waals surface area (Å²) in [5.74, 6) is 2.24. The number of anilines is 1. The zero-order valence-corrected chi connectivity index (χ0v) is 11.2. The van der Waals surface area contributed by atoms with Crippen LogP contribution >= 0.6 is 0 Å². The quantitative estimate of drug-likeness (QED) is 0.760. The van der Waals surface area contributed by atoms with Crippen LogP contribution in [0.25, 0.3) is 17.6 Å². The summed E-state index contributed by atoms with van der Waals surface area (Å²) in [6.45, 7) is 2.85. The highest BCUT2D eigenvalue weighted by molar-refractivity contribution is 5.48. The standard InChI is InChI=1S/C12H14N8/c1-3-19-7-5-15-10(19)9-16-11(13-2)18-12(17-9)20-6-4-14-8-20/h4-8H,3H2,1-2H3,(H,13,16,17,18). The van der Waals surface area contributed by atoms with Crippen LogP contribution in [0.3, 0.4) is 0 Å². The molecule has 20 heavy (non-hydrogen) atoms. The number of imidazole rings is 2. The molecule has 0 radical (unpaired) electrons. The van der Waals surface area contributed by atoms with Crippen molar-refractivity contribution in [2.45, 2.75) is 13.5 Å². The Labute approximate surface area is 115 Å². The Bertz CT molecular complexity index is 700. The summed E-state index contributed by atoms with van der Waals surface area (Å²) in [5, 5.41) is 2.94. The molecule has 0 amide bonds. The Kier molecular flexibility index (Phi) is 3.12. The molecule has 0 spiro atoms. The van der Waals surface area contributed by atoms with Crippen molar-refractivity contribution in [3.05, 3.63) is 31.1 Å². The van der Waals surface area contributed by atoms with E-state index in [0.717, 1.165) is 6.54 Å². The van der Waals surface area contributed by atoms with Crippen molar-refractivity contribution < 1.29 is 0 Å². The summed E-state index contributed by atoms with van der Waals surface area (Å²) in [6, 6.07) is 0. The average Bonchev–Trinajstić information content (AvgIpc) is 3.17. The third-order valence-corrected chi connectivity index (χ3v) is 2.84. The number of hydrogen-bond acceptors (Lipinski definition) is 6. The second-order valence-electron chi connectivity index (χ2n) is 4.04. The molecule has 0 bridgehead atoms. The first-order valence-corrected chi connectivity index (χ1v) is 6.25. The number of rotatable bonds is 4. The molecule has 0 aliphatic heterocycles. The zero-order valence-electron chi connectivity index (χ0n) is 11.2. The van der Waals surface area contributed by atoms with Crippen LogP contribution in [0.5, 0.6) is 0 Å². The Morgan fingerprint density at radius 3 is 2.75 bits per heavy atom. The lowest BCUT2D eigenvalue weighted by Gasteiger charge is -2.07. The molecule has 3 rings (SSSR count). The third-order valence-electron chi connectivity index (χ3n) is 2.84. The van der Waals surface area contributed by atoms with Crippen molar-refractivity contribution in [1.29, 1.82) is 0 Å². The van der Waals surface area contributed by atoms with E-state index in [-0.39, 0.29) is 0 Å². The maximum absolute atomic E-state index is 4.45. The minimum atomic E-state index is 0.490. The molecule has 3 aromatic heterocycles. The SMILES string of the molecule is CCn1ccnc1-c1nc(NC)nc(-n2ccnc2)n1. The van der Waals surface area contributed by atoms with Crippen molar-refractivity contribution in [3.63, 3.8) is 0 Å². The lowest BCUT2D eigenvalue weighted by atomic mass is 10.5. The normalized spacial score (nSPS) is 10.7. The van der Waals surface area contributed by atoms with Gasteiger partial charge in [0.1, 0.15) is 6.33 Å². The van der Waals surface area contributed by atoms with Gasteiger partial charge in [-0.3, -0.25) is 4.57 Å². The van der Waals surface area contributed by atoms with Crippen LogP contribution in [0.4, 0.5) is 5.95 Å². The molecule has 0 atom stereocenters. The minimum Gasteiger partial charge on any atom is -0.357 e. The molecule has 0 aromatic carbocycles. The predicted molar refractivity (Wildman–Crippen MR) is 73.4 cm³/mol. The molecule has 0 aliphatic rings. The second kappa shape index (κ2) is 5.08. The lowest BCUT2D eigenvalue weighted by molar-refractivity contribution is 0.760. The molecular weight excluding hydrogens is 256 g/mol. The summed E-state index contributed by atoms with van der Waals surface area (Å²) in [4.78, 5) is 21.4. The van der Waals surface area contributed by atoms with E-state index >= 15 is 0 Å². The van der Waals surface area contributed by atoms with E-state index in [9.17, 15) is 0 Å². The van der Waals surface area contributed by atoms with Gasteiger partial charge in [-0.2, -0.15) is 15.0 Å². The first kappa shape index (κ1) is 12.3. The molecule has 102 valence electrons. The zero-order chi connectivity index (χ0) is 13.9. The fraction of sp³-hybridized carbons (Fsp3) is 0.250. The molecule has 0 saturated carbocycles. The molecule has 0 saturated heterocycles. The van der Waals surface area contributed by atoms with E-state index in [1.165, 1.54) is 0 Å². The Morgan fingerprint density at radius 1 is 1.15 bits per heavy atom. The van der Waals surface area contributed by atoms with Crippen molar-refractivity contribution >= 4 is 5.95 Å². The highest BCUT2D eigenvalue weighted by Crippen LogP contribution is 2.15. The molecule has 1 N–H and O–H groups in total. The van der Waals surface area contributed by atoms with Crippen LogP contribution in [-0.2, 0) is 6.54 Å². The molecule has 8 nitrogen and oxygen atoms in total. The van der Waals surface area contributed by atoms with Crippen molar-refractivity contribution in [2.75, 3.05) is 12.4 Å². The lowest BCUT2D eigenvalue weighted by Crippen LogP contribution is -2.09. The highest BCUT2D eigenvalue weighted by Gasteiger charge is 2.13. The van der Waals surface area contributed by atoms with Crippen LogP contribution in [0.2, 0.25) is 0 Å². The van der Waals surface area contributed by atoms with Gasteiger partial charge >= 0.3 is 0 Å². The number of hydrogen-bond donors (Lipinski definition) is 1. The van der Waals surface area contributed by atoms with Gasteiger partial charge in [-0.25, -0.2) is 9.97 Å². The van der Waals surface area contributed by atoms with Gasteiger partial charge in [0.25, 0.3) is 0 Å². The van der Waals surface area contributed by atoms with Gasteiger partial charge in [0, 0.05) is 38.4 Å². The Balaban J connectivity index is 2.14. The molecule has 3 heterocycles. The van der Waals surface area contributed by atoms with E-state index in [1.54, 1.807) is 36.5 Å². The van der Waals surface area contributed by atoms with E-state index in [1.807, 2.05) is 17.7 Å². The van der Waals surface area contributed by atoms with Crippen LogP contribution in [-0.4, -0.2) is 41.1 Å². The summed E-state index contributed by atoms with van der Waals surface area (Å²) >= 11 is 0. The average molecular weight is 270 g/mol. The van der Waals surface area contributed by atoms with Crippen LogP contribution in [0, 0.1) is 0 Å². The molecular formula is C12H14N8. The second-order valence-corrected chi connectivity index (χ2v) is 4.04. The maximum atomic E-state index is 4.45. The largest absolute Gasteiger partial charge is 0.357 e. The van der Waals surface area contributed by atoms with Gasteiger partial charge in [-0.1, -0.05) is 0 Å². The smallest absolute Gasteiger partial charge is 0.240 e. The monoisotopic (exact) mass is 270 g/mol. The summed E-state index contributed by atoms with van der Waals surface area (Å²) < 4.78 is 3.71. The van der Waals surface area contributed by atoms with Gasteiger partial charge < -0.3 is 9.88 Å². The predicted octanol–water partition coefficient (Wildman–Crippen LogP) is 0.982. The molecule has 8 heteroatoms. The summed E-state index contributed by atoms with van der Waals surface area (Å²) in [5.41, 5.74) is 0. The molecule has 3 aromatic rings. The van der Waals surface area contributed by atoms with E-state index in [0.29, 0.717) is 23.5 Å². The van der Waals surface area contributed by atoms with Gasteiger partial charge in [-0.05, 0) is 6.92 Å². The summed E-state index contributed by atoms with van der Waals surface area (Å²) in [6.07, 6.45) is 8.73. The van der Waals surface area contributed by atoms with Crippen molar-refractivity contribution in [1.82, 2.24) is 34.1 Å². The Hall–Kier alpha value is -2.77. The van der Waals surface area contributed by atoms with Crippen molar-refractivity contribution in [2.24, 2.45) is 0 Å². The first-order valence-electron chi connectivity index (χ1n) is 6.25. The van der Waals surface area contributed by atoms with E-state index in [2.05, 4.69) is 30.2 Å². The maximum Gasteiger partial charge on any atom is 0.240 e. The van der Waals surface area contributed by atoms with Gasteiger partial charge in [0.05, 0.1) is 0 Å². The van der Waals surface area contributed by atoms with Gasteiger partial charge in [-0.15, -0.1) is 0 Å². The van der Waals surface area contributed by atoms with E-state index in [4.69, 9.17) is 0 Å². The molecule has 0 unspecified atom stereocenters. The van der Waals surface area contributed by atoms with Crippen LogP contribution < -0.4 is 5.32 Å². The van der Waals surface area contributed by atoms with Crippen LogP contribution in [0.1, 0.15) is 6.92 Å². The van der Waals surface area contributed by atoms with Crippen LogP contribution in [0.15, 0.2) is 31.1 Å². The fourth-order valence-electron chi connectivity index (χ4n) is 1.84. The Morgan fingerprint density at radius 2 is 2.05 bits per heavy atom. The van der Waals surface area contributed by atoms with Gasteiger partial charge in [0.15, 0.2) is 5.82 Å². The number of nitrogens with one attached hydrogen (secondary N) is 1. The highest BCUT2D eigenvalue weighted by atomic mass is 15.3. The van der Waals surface area contributed by atoms with Gasteiger partial charge in [0.2, 0.25) is 17.7 Å². The number of aryl methyl sites for hydroxylation is 1. The topological polar surface area (TPSA) is 86.3 Å². The third kappa shape index (κ3) is 2.11. The number of aromatic nitrogens is 7. The van der Waals surface area contributed by atoms with E-state index < -0.39 is 0 Å². The minimum absolute atomic E-state index is 0.490. The first-order chi connectivity index (χ1) is 9.81. The number of nitrogens with zero attached hydrogens (tertiary/aromatic N) is 7. The fourth-order valence-corrected chi connectivity index (χ4v) is 1.84. The molecule has 0 fully saturated rings. The summed E-state index contributed by atoms with van der Waals surface area (Å²) in [7, 11) is 1.77. The van der Waals surface area contributed by atoms with Crippen molar-refractivity contribution in [3.8, 4) is 17.6 Å².